The van der Waals surface area contributed by atoms with E-state index in [0.717, 1.165) is 33.5 Å². The minimum atomic E-state index is -3.33. The average molecular weight is 718 g/mol. The van der Waals surface area contributed by atoms with Crippen molar-refractivity contribution < 1.29 is 0 Å². The second kappa shape index (κ2) is 14.0. The summed E-state index contributed by atoms with van der Waals surface area (Å²) in [6, 6.07) is 20.7. The van der Waals surface area contributed by atoms with Crippen LogP contribution in [0.5, 0.6) is 0 Å². The first kappa shape index (κ1) is 33.4. The van der Waals surface area contributed by atoms with Gasteiger partial charge in [-0.25, -0.2) is 19.1 Å². The summed E-state index contributed by atoms with van der Waals surface area (Å²) in [6.45, 7) is 0. The predicted molar refractivity (Wildman–Crippen MR) is 214 cm³/mol. The lowest BCUT2D eigenvalue weighted by Crippen LogP contribution is -2.28. The zero-order chi connectivity index (χ0) is 34.6. The van der Waals surface area contributed by atoms with Crippen LogP contribution in [-0.2, 0) is 0 Å². The Balaban J connectivity index is 1.66. The molecule has 5 aliphatic rings. The van der Waals surface area contributed by atoms with Crippen molar-refractivity contribution in [2.45, 2.75) is 0 Å². The Morgan fingerprint density at radius 2 is 0.660 bits per heavy atom. The summed E-state index contributed by atoms with van der Waals surface area (Å²) < 4.78 is 25.4. The molecule has 50 heavy (non-hydrogen) atoms. The third-order valence-electron chi connectivity index (χ3n) is 8.15. The largest absolute Gasteiger partial charge is 0.302 e. The van der Waals surface area contributed by atoms with E-state index in [0.29, 0.717) is 0 Å². The fourth-order valence-electron chi connectivity index (χ4n) is 5.66. The Morgan fingerprint density at radius 1 is 0.380 bits per heavy atom. The van der Waals surface area contributed by atoms with Crippen LogP contribution in [0.4, 0.5) is 0 Å². The summed E-state index contributed by atoms with van der Waals surface area (Å²) in [6.07, 6.45) is 31.6. The van der Waals surface area contributed by atoms with Gasteiger partial charge in [0.1, 0.15) is 7.21 Å². The molecule has 0 saturated carbocycles. The van der Waals surface area contributed by atoms with Crippen molar-refractivity contribution >= 4 is 55.7 Å². The van der Waals surface area contributed by atoms with E-state index in [1.165, 1.54) is 0 Å². The molecule has 0 atom stereocenters. The zero-order valence-corrected chi connectivity index (χ0v) is 31.0. The van der Waals surface area contributed by atoms with Crippen LogP contribution in [0.25, 0.3) is 0 Å². The van der Waals surface area contributed by atoms with Crippen molar-refractivity contribution in [3.63, 3.8) is 0 Å². The normalized spacial score (nSPS) is 19.4. The molecule has 0 unspecified atom stereocenters. The lowest BCUT2D eigenvalue weighted by atomic mass is 10.4. The van der Waals surface area contributed by atoms with Gasteiger partial charge < -0.3 is 0 Å². The van der Waals surface area contributed by atoms with Crippen LogP contribution < -0.4 is 10.6 Å². The number of hydrogen-bond donors (Lipinski definition) is 0. The van der Waals surface area contributed by atoms with E-state index in [9.17, 15) is 0 Å². The molecule has 252 valence electrons. The van der Waals surface area contributed by atoms with Gasteiger partial charge in [-0.15, -0.1) is 0 Å². The van der Waals surface area contributed by atoms with Crippen LogP contribution in [0, 0.1) is 0 Å². The second-order valence-corrected chi connectivity index (χ2v) is 20.4. The molecule has 0 saturated heterocycles. The van der Waals surface area contributed by atoms with Crippen molar-refractivity contribution in [2.24, 2.45) is 34.0 Å². The van der Waals surface area contributed by atoms with Gasteiger partial charge in [0.15, 0.2) is 0 Å². The molecule has 0 radical (unpaired) electrons. The van der Waals surface area contributed by atoms with Crippen molar-refractivity contribution in [1.29, 1.82) is 0 Å². The summed E-state index contributed by atoms with van der Waals surface area (Å²) in [5, 5.41) is 22.5. The second-order valence-electron chi connectivity index (χ2n) is 11.5. The Bertz CT molecular complexity index is 1930. The van der Waals surface area contributed by atoms with Gasteiger partial charge in [0, 0.05) is 38.8 Å². The van der Waals surface area contributed by atoms with Gasteiger partial charge in [0.2, 0.25) is 0 Å². The quantitative estimate of drug-likeness (QED) is 0.182. The summed E-state index contributed by atoms with van der Waals surface area (Å²) in [5.41, 5.74) is 3.16. The van der Waals surface area contributed by atoms with Gasteiger partial charge in [-0.2, -0.15) is 34.0 Å². The Kier molecular flexibility index (Phi) is 9.39. The highest BCUT2D eigenvalue weighted by molar-refractivity contribution is 7.91. The van der Waals surface area contributed by atoms with Gasteiger partial charge in [-0.05, 0) is 48.6 Å². The maximum absolute atomic E-state index is 5.94. The monoisotopic (exact) mass is 717 g/mol. The molecule has 0 aromatic heterocycles. The molecule has 7 rings (SSSR count). The van der Waals surface area contributed by atoms with E-state index in [2.05, 4.69) is 24.3 Å². The smallest absolute Gasteiger partial charge is 0.228 e. The molecule has 1 aliphatic heterocycles. The Labute approximate surface area is 294 Å². The highest BCUT2D eigenvalue weighted by Gasteiger charge is 2.48. The highest BCUT2D eigenvalue weighted by atomic mass is 31.3. The fraction of sp³-hybridized carbons (Fsp3) is 0.111. The zero-order valence-electron chi connectivity index (χ0n) is 28.3. The van der Waals surface area contributed by atoms with Crippen molar-refractivity contribution in [3.05, 3.63) is 158 Å². The average Bonchev–Trinajstić information content (AvgIpc) is 3.99. The molecular weight excluding hydrogens is 679 g/mol. The number of nitrogens with zero attached hydrogens (tertiary/aromatic N) is 11. The molecule has 2 aromatic carbocycles. The molecule has 4 aliphatic carbocycles. The van der Waals surface area contributed by atoms with E-state index < -0.39 is 22.2 Å². The van der Waals surface area contributed by atoms with Crippen LogP contribution in [0.1, 0.15) is 0 Å². The van der Waals surface area contributed by atoms with Crippen LogP contribution in [-0.4, -0.2) is 70.2 Å². The van der Waals surface area contributed by atoms with Gasteiger partial charge in [0.25, 0.3) is 0 Å². The third-order valence-corrected chi connectivity index (χ3v) is 19.6. The molecule has 0 amide bonds. The molecule has 0 bridgehead atoms. The Hall–Kier alpha value is -5.07. The molecular formula is C36H38N11P3. The van der Waals surface area contributed by atoms with Gasteiger partial charge in [-0.1, -0.05) is 109 Å². The molecule has 11 nitrogen and oxygen atoms in total. The molecule has 0 fully saturated rings. The van der Waals surface area contributed by atoms with Crippen molar-refractivity contribution in [2.75, 3.05) is 28.2 Å². The first-order valence-electron chi connectivity index (χ1n) is 16.1. The third kappa shape index (κ3) is 6.36. The van der Waals surface area contributed by atoms with Gasteiger partial charge >= 0.3 is 15.0 Å². The SMILES string of the molecule is CN(N=C1C=CC=C1)P1(N(C)N=C2C=CC=C2)=NP(c2ccccc2)(c2ccccc2)=NP(N(C)N=C2C=CC=C2)(N(C)N=C2C=CC=C2)=N1. The molecule has 14 heteroatoms. The maximum Gasteiger partial charge on any atom is 0.302 e. The number of hydrazone groups is 4. The minimum absolute atomic E-state index is 0.790. The first-order valence-corrected chi connectivity index (χ1v) is 21.0. The van der Waals surface area contributed by atoms with Crippen molar-refractivity contribution in [1.82, 2.24) is 19.1 Å². The lowest BCUT2D eigenvalue weighted by molar-refractivity contribution is 0.474. The molecule has 0 N–H and O–H groups in total. The summed E-state index contributed by atoms with van der Waals surface area (Å²) in [7, 11) is -1.96. The van der Waals surface area contributed by atoms with Gasteiger partial charge in [0.05, 0.1) is 22.8 Å². The summed E-state index contributed by atoms with van der Waals surface area (Å²) >= 11 is 0. The topological polar surface area (TPSA) is 99.5 Å². The molecule has 2 aromatic rings. The molecule has 1 heterocycles. The van der Waals surface area contributed by atoms with Gasteiger partial charge in [-0.3, -0.25) is 0 Å². The van der Waals surface area contributed by atoms with E-state index >= 15 is 0 Å². The highest BCUT2D eigenvalue weighted by Crippen LogP contribution is 2.81. The van der Waals surface area contributed by atoms with Crippen LogP contribution in [0.15, 0.2) is 192 Å². The fourth-order valence-corrected chi connectivity index (χ4v) is 19.6. The van der Waals surface area contributed by atoms with Crippen LogP contribution >= 0.6 is 22.2 Å². The summed E-state index contributed by atoms with van der Waals surface area (Å²) in [5.74, 6) is 0. The predicted octanol–water partition coefficient (Wildman–Crippen LogP) is 8.31. The first-order chi connectivity index (χ1) is 24.3. The standard InChI is InChI=1S/C36H38N11P3/c1-44(37-31-19-11-12-20-31)49(45(2)38-32-21-13-14-22-32)41-48(35-27-7-5-8-28-35,36-29-9-6-10-30-36)42-50(43-49,46(3)39-33-23-15-16-24-33)47(4)40-34-25-17-18-26-34/h5-30H,1-4H3. The number of allylic oxidation sites excluding steroid dienone is 16. The van der Waals surface area contributed by atoms with Crippen molar-refractivity contribution in [3.8, 4) is 0 Å². The van der Waals surface area contributed by atoms with E-state index in [1.807, 2.05) is 181 Å². The van der Waals surface area contributed by atoms with E-state index in [4.69, 9.17) is 34.0 Å². The van der Waals surface area contributed by atoms with Crippen LogP contribution in [0.2, 0.25) is 0 Å². The Morgan fingerprint density at radius 3 is 0.960 bits per heavy atom. The number of benzene rings is 2. The summed E-state index contributed by atoms with van der Waals surface area (Å²) in [4.78, 5) is 0. The minimum Gasteiger partial charge on any atom is -0.228 e. The van der Waals surface area contributed by atoms with Crippen LogP contribution in [0.3, 0.4) is 0 Å². The lowest BCUT2D eigenvalue weighted by Gasteiger charge is -2.44. The maximum atomic E-state index is 5.94. The van der Waals surface area contributed by atoms with E-state index in [-0.39, 0.29) is 0 Å². The number of hydrogen-bond acceptors (Lipinski definition) is 11. The van der Waals surface area contributed by atoms with E-state index in [1.54, 1.807) is 0 Å². The molecule has 0 spiro atoms. The number of rotatable bonds is 10.